The summed E-state index contributed by atoms with van der Waals surface area (Å²) in [4.78, 5) is 12.9. The highest BCUT2D eigenvalue weighted by molar-refractivity contribution is 5.98. The van der Waals surface area contributed by atoms with E-state index in [0.29, 0.717) is 29.2 Å². The minimum Gasteiger partial charge on any atom is -0.497 e. The summed E-state index contributed by atoms with van der Waals surface area (Å²) in [5, 5.41) is 9.77. The van der Waals surface area contributed by atoms with Crippen LogP contribution in [0.3, 0.4) is 0 Å². The molecular formula is C25H27F3N4O4. The highest BCUT2D eigenvalue weighted by atomic mass is 19.4. The minimum absolute atomic E-state index is 0.0278. The number of methoxy groups -OCH3 is 3. The molecule has 0 saturated carbocycles. The van der Waals surface area contributed by atoms with Crippen molar-refractivity contribution in [2.45, 2.75) is 31.1 Å². The van der Waals surface area contributed by atoms with Crippen molar-refractivity contribution in [3.05, 3.63) is 65.4 Å². The Kier molecular flexibility index (Phi) is 7.27. The van der Waals surface area contributed by atoms with Crippen LogP contribution in [-0.2, 0) is 6.42 Å². The van der Waals surface area contributed by atoms with Gasteiger partial charge < -0.3 is 24.8 Å². The molecule has 8 nitrogen and oxygen atoms in total. The Morgan fingerprint density at radius 3 is 2.58 bits per heavy atom. The van der Waals surface area contributed by atoms with E-state index in [0.717, 1.165) is 10.2 Å². The first-order valence-corrected chi connectivity index (χ1v) is 11.3. The predicted octanol–water partition coefficient (Wildman–Crippen LogP) is 4.54. The SMILES string of the molecule is COc1cccc(C2CC(C(F)(F)F)n3ncc(C(=O)NCCc4ccc(OC)c(OC)c4)c3N2)c1. The van der Waals surface area contributed by atoms with Gasteiger partial charge in [-0.2, -0.15) is 18.3 Å². The van der Waals surface area contributed by atoms with Crippen LogP contribution in [0.15, 0.2) is 48.7 Å². The molecule has 0 fully saturated rings. The number of alkyl halides is 3. The normalized spacial score (nSPS) is 17.1. The molecule has 192 valence electrons. The smallest absolute Gasteiger partial charge is 0.410 e. The molecule has 3 aromatic rings. The molecule has 0 radical (unpaired) electrons. The van der Waals surface area contributed by atoms with Crippen LogP contribution >= 0.6 is 0 Å². The fourth-order valence-electron chi connectivity index (χ4n) is 4.26. The first-order valence-electron chi connectivity index (χ1n) is 11.3. The second kappa shape index (κ2) is 10.4. The molecule has 11 heteroatoms. The van der Waals surface area contributed by atoms with Crippen molar-refractivity contribution in [2.24, 2.45) is 0 Å². The second-order valence-electron chi connectivity index (χ2n) is 8.31. The Morgan fingerprint density at radius 1 is 1.11 bits per heavy atom. The van der Waals surface area contributed by atoms with E-state index in [2.05, 4.69) is 15.7 Å². The van der Waals surface area contributed by atoms with Gasteiger partial charge in [-0.25, -0.2) is 4.68 Å². The first kappa shape index (κ1) is 25.2. The molecule has 1 amide bonds. The lowest BCUT2D eigenvalue weighted by molar-refractivity contribution is -0.173. The lowest BCUT2D eigenvalue weighted by Gasteiger charge is -2.34. The van der Waals surface area contributed by atoms with Gasteiger partial charge in [0.25, 0.3) is 5.91 Å². The standard InChI is InChI=1S/C25H27F3N4O4/c1-34-17-6-4-5-16(12-17)19-13-22(25(26,27)28)32-23(31-19)18(14-30-32)24(33)29-10-9-15-7-8-20(35-2)21(11-15)36-3/h4-8,11-12,14,19,22,31H,9-10,13H2,1-3H3,(H,29,33). The zero-order chi connectivity index (χ0) is 25.9. The average molecular weight is 505 g/mol. The highest BCUT2D eigenvalue weighted by Crippen LogP contribution is 2.44. The molecule has 0 aliphatic carbocycles. The summed E-state index contributed by atoms with van der Waals surface area (Å²) in [6, 6.07) is 9.70. The van der Waals surface area contributed by atoms with Crippen molar-refractivity contribution >= 4 is 11.7 Å². The summed E-state index contributed by atoms with van der Waals surface area (Å²) in [6.45, 7) is 0.265. The zero-order valence-corrected chi connectivity index (χ0v) is 20.1. The van der Waals surface area contributed by atoms with E-state index < -0.39 is 24.2 Å². The monoisotopic (exact) mass is 504 g/mol. The number of ether oxygens (including phenoxy) is 3. The van der Waals surface area contributed by atoms with Crippen LogP contribution in [0.5, 0.6) is 17.2 Å². The van der Waals surface area contributed by atoms with E-state index in [-0.39, 0.29) is 24.3 Å². The molecule has 2 aromatic carbocycles. The van der Waals surface area contributed by atoms with E-state index in [9.17, 15) is 18.0 Å². The Labute approximate surface area is 206 Å². The van der Waals surface area contributed by atoms with Crippen molar-refractivity contribution < 1.29 is 32.2 Å². The van der Waals surface area contributed by atoms with Gasteiger partial charge in [0.2, 0.25) is 0 Å². The molecule has 1 aliphatic rings. The molecule has 2 unspecified atom stereocenters. The molecule has 2 atom stereocenters. The van der Waals surface area contributed by atoms with Crippen molar-refractivity contribution in [1.29, 1.82) is 0 Å². The summed E-state index contributed by atoms with van der Waals surface area (Å²) in [7, 11) is 4.57. The predicted molar refractivity (Wildman–Crippen MR) is 127 cm³/mol. The fraction of sp³-hybridized carbons (Fsp3) is 0.360. The van der Waals surface area contributed by atoms with Crippen LogP contribution in [0.4, 0.5) is 19.0 Å². The van der Waals surface area contributed by atoms with Gasteiger partial charge in [0.15, 0.2) is 17.5 Å². The van der Waals surface area contributed by atoms with Crippen LogP contribution in [0.1, 0.15) is 40.0 Å². The number of carbonyl (C=O) groups excluding carboxylic acids is 1. The van der Waals surface area contributed by atoms with Gasteiger partial charge in [0.05, 0.1) is 33.6 Å². The van der Waals surface area contributed by atoms with E-state index in [1.165, 1.54) is 20.4 Å². The Balaban J connectivity index is 1.52. The summed E-state index contributed by atoms with van der Waals surface area (Å²) < 4.78 is 58.4. The van der Waals surface area contributed by atoms with Crippen molar-refractivity contribution in [3.8, 4) is 17.2 Å². The van der Waals surface area contributed by atoms with Gasteiger partial charge in [0, 0.05) is 13.0 Å². The number of fused-ring (bicyclic) bond motifs is 1. The molecule has 0 saturated heterocycles. The van der Waals surface area contributed by atoms with Crippen molar-refractivity contribution in [3.63, 3.8) is 0 Å². The van der Waals surface area contributed by atoms with E-state index in [4.69, 9.17) is 14.2 Å². The quantitative estimate of drug-likeness (QED) is 0.469. The zero-order valence-electron chi connectivity index (χ0n) is 20.1. The molecule has 36 heavy (non-hydrogen) atoms. The Morgan fingerprint density at radius 2 is 1.89 bits per heavy atom. The highest BCUT2D eigenvalue weighted by Gasteiger charge is 2.47. The molecule has 4 rings (SSSR count). The molecule has 1 aromatic heterocycles. The maximum Gasteiger partial charge on any atom is 0.410 e. The fourth-order valence-corrected chi connectivity index (χ4v) is 4.26. The number of halogens is 3. The minimum atomic E-state index is -4.54. The van der Waals surface area contributed by atoms with Crippen LogP contribution in [0, 0.1) is 0 Å². The van der Waals surface area contributed by atoms with E-state index in [1.807, 2.05) is 6.07 Å². The van der Waals surface area contributed by atoms with Gasteiger partial charge in [-0.1, -0.05) is 18.2 Å². The maximum atomic E-state index is 13.9. The van der Waals surface area contributed by atoms with Gasteiger partial charge in [-0.3, -0.25) is 4.79 Å². The number of hydrogen-bond donors (Lipinski definition) is 2. The number of nitrogens with zero attached hydrogens (tertiary/aromatic N) is 2. The van der Waals surface area contributed by atoms with Gasteiger partial charge in [-0.05, 0) is 41.8 Å². The molecule has 0 spiro atoms. The third kappa shape index (κ3) is 5.19. The summed E-state index contributed by atoms with van der Waals surface area (Å²) in [5.74, 6) is 1.20. The lowest BCUT2D eigenvalue weighted by Crippen LogP contribution is -2.36. The van der Waals surface area contributed by atoms with Gasteiger partial charge >= 0.3 is 6.18 Å². The number of nitrogens with one attached hydrogen (secondary N) is 2. The Hall–Kier alpha value is -3.89. The van der Waals surface area contributed by atoms with Crippen LogP contribution in [-0.4, -0.2) is 49.7 Å². The largest absolute Gasteiger partial charge is 0.497 e. The van der Waals surface area contributed by atoms with Gasteiger partial charge in [-0.15, -0.1) is 0 Å². The van der Waals surface area contributed by atoms with E-state index in [1.54, 1.807) is 43.5 Å². The number of benzene rings is 2. The number of anilines is 1. The average Bonchev–Trinajstić information content (AvgIpc) is 3.31. The Bertz CT molecular complexity index is 1230. The van der Waals surface area contributed by atoms with E-state index >= 15 is 0 Å². The maximum absolute atomic E-state index is 13.9. The lowest BCUT2D eigenvalue weighted by atomic mass is 9.96. The first-order chi connectivity index (χ1) is 17.2. The third-order valence-electron chi connectivity index (χ3n) is 6.13. The molecule has 2 N–H and O–H groups in total. The molecule has 2 heterocycles. The summed E-state index contributed by atoms with van der Waals surface area (Å²) in [5.41, 5.74) is 1.57. The number of amides is 1. The number of aromatic nitrogens is 2. The second-order valence-corrected chi connectivity index (χ2v) is 8.31. The molecule has 1 aliphatic heterocycles. The molecule has 0 bridgehead atoms. The summed E-state index contributed by atoms with van der Waals surface area (Å²) >= 11 is 0. The topological polar surface area (TPSA) is 86.6 Å². The number of rotatable bonds is 8. The van der Waals surface area contributed by atoms with Crippen LogP contribution in [0.25, 0.3) is 0 Å². The molecular weight excluding hydrogens is 477 g/mol. The third-order valence-corrected chi connectivity index (χ3v) is 6.13. The van der Waals surface area contributed by atoms with Crippen molar-refractivity contribution in [1.82, 2.24) is 15.1 Å². The van der Waals surface area contributed by atoms with Crippen LogP contribution < -0.4 is 24.8 Å². The number of hydrogen-bond acceptors (Lipinski definition) is 6. The number of carbonyl (C=O) groups is 1. The summed E-state index contributed by atoms with van der Waals surface area (Å²) in [6.07, 6.45) is -3.16. The van der Waals surface area contributed by atoms with Crippen molar-refractivity contribution in [2.75, 3.05) is 33.2 Å². The van der Waals surface area contributed by atoms with Crippen LogP contribution in [0.2, 0.25) is 0 Å². The van der Waals surface area contributed by atoms with Gasteiger partial charge in [0.1, 0.15) is 17.1 Å².